The van der Waals surface area contributed by atoms with Gasteiger partial charge in [-0.05, 0) is 85.5 Å². The number of benzene rings is 3. The van der Waals surface area contributed by atoms with Crippen molar-refractivity contribution in [1.82, 2.24) is 14.4 Å². The van der Waals surface area contributed by atoms with Gasteiger partial charge in [0.15, 0.2) is 0 Å². The summed E-state index contributed by atoms with van der Waals surface area (Å²) in [6.07, 6.45) is 3.35. The first-order valence-electron chi connectivity index (χ1n) is 14.1. The fraction of sp³-hybridized carbons (Fsp3) is 0.294. The van der Waals surface area contributed by atoms with Gasteiger partial charge in [-0.2, -0.15) is 0 Å². The van der Waals surface area contributed by atoms with Crippen molar-refractivity contribution in [3.8, 4) is 22.7 Å². The van der Waals surface area contributed by atoms with Crippen LogP contribution in [-0.2, 0) is 6.42 Å². The van der Waals surface area contributed by atoms with Crippen molar-refractivity contribution in [2.45, 2.75) is 33.1 Å². The molecule has 0 bridgehead atoms. The Morgan fingerprint density at radius 2 is 1.43 bits per heavy atom. The lowest BCUT2D eigenvalue weighted by Gasteiger charge is -2.35. The Bertz CT molecular complexity index is 1450. The van der Waals surface area contributed by atoms with Crippen LogP contribution in [0.3, 0.4) is 0 Å². The molecule has 0 atom stereocenters. The fourth-order valence-electron chi connectivity index (χ4n) is 5.37. The first kappa shape index (κ1) is 27.3. The van der Waals surface area contributed by atoms with Gasteiger partial charge in [0.05, 0.1) is 18.4 Å². The molecule has 5 rings (SSSR count). The number of nitrogens with zero attached hydrogens (tertiary/aromatic N) is 3. The topological polar surface area (TPSA) is 54.8 Å². The Labute approximate surface area is 236 Å². The van der Waals surface area contributed by atoms with Crippen molar-refractivity contribution >= 4 is 11.8 Å². The third kappa shape index (κ3) is 5.67. The molecule has 0 spiro atoms. The number of carbonyl (C=O) groups excluding carboxylic acids is 2. The van der Waals surface area contributed by atoms with Gasteiger partial charge in [0.2, 0.25) is 0 Å². The standard InChI is InChI=1S/C34H37N3O3/c1-4-5-9-26-12-14-28(15-13-26)33(38)35-20-22-36(23-21-35)34(39)31-24-32(27-16-18-30(40-3)19-17-27)37(25(31)2)29-10-7-6-8-11-29/h6-8,10-19,24H,4-5,9,20-23H2,1-3H3. The molecule has 40 heavy (non-hydrogen) atoms. The van der Waals surface area contributed by atoms with Gasteiger partial charge in [-0.15, -0.1) is 0 Å². The number of amides is 2. The van der Waals surface area contributed by atoms with E-state index < -0.39 is 0 Å². The Morgan fingerprint density at radius 3 is 2.02 bits per heavy atom. The Morgan fingerprint density at radius 1 is 0.800 bits per heavy atom. The zero-order valence-electron chi connectivity index (χ0n) is 23.6. The molecule has 1 saturated heterocycles. The number of methoxy groups -OCH3 is 1. The zero-order valence-corrected chi connectivity index (χ0v) is 23.6. The van der Waals surface area contributed by atoms with E-state index in [1.54, 1.807) is 7.11 Å². The van der Waals surface area contributed by atoms with Crippen LogP contribution in [0.25, 0.3) is 16.9 Å². The van der Waals surface area contributed by atoms with Crippen LogP contribution in [0.2, 0.25) is 0 Å². The molecule has 1 aliphatic rings. The molecule has 0 radical (unpaired) electrons. The summed E-state index contributed by atoms with van der Waals surface area (Å²) in [6.45, 7) is 6.23. The summed E-state index contributed by atoms with van der Waals surface area (Å²) in [4.78, 5) is 30.7. The van der Waals surface area contributed by atoms with E-state index in [9.17, 15) is 9.59 Å². The lowest BCUT2D eigenvalue weighted by molar-refractivity contribution is 0.0535. The van der Waals surface area contributed by atoms with Crippen LogP contribution in [0.4, 0.5) is 0 Å². The van der Waals surface area contributed by atoms with Crippen molar-refractivity contribution in [1.29, 1.82) is 0 Å². The van der Waals surface area contributed by atoms with E-state index in [1.807, 2.05) is 77.4 Å². The molecule has 1 aliphatic heterocycles. The monoisotopic (exact) mass is 535 g/mol. The second-order valence-corrected chi connectivity index (χ2v) is 10.3. The van der Waals surface area contributed by atoms with Crippen LogP contribution >= 0.6 is 0 Å². The highest BCUT2D eigenvalue weighted by atomic mass is 16.5. The normalized spacial score (nSPS) is 13.4. The number of aryl methyl sites for hydroxylation is 1. The summed E-state index contributed by atoms with van der Waals surface area (Å²) in [7, 11) is 1.65. The third-order valence-corrected chi connectivity index (χ3v) is 7.75. The molecule has 6 heteroatoms. The molecule has 206 valence electrons. The van der Waals surface area contributed by atoms with Crippen molar-refractivity contribution in [3.05, 3.63) is 107 Å². The number of hydrogen-bond donors (Lipinski definition) is 0. The highest BCUT2D eigenvalue weighted by Crippen LogP contribution is 2.31. The van der Waals surface area contributed by atoms with E-state index in [4.69, 9.17) is 4.74 Å². The average molecular weight is 536 g/mol. The number of ether oxygens (including phenoxy) is 1. The average Bonchev–Trinajstić information content (AvgIpc) is 3.36. The SMILES string of the molecule is CCCCc1ccc(C(=O)N2CCN(C(=O)c3cc(-c4ccc(OC)cc4)n(-c4ccccc4)c3C)CC2)cc1. The van der Waals surface area contributed by atoms with Crippen molar-refractivity contribution in [3.63, 3.8) is 0 Å². The van der Waals surface area contributed by atoms with Crippen LogP contribution in [0.5, 0.6) is 5.75 Å². The maximum atomic E-state index is 13.8. The minimum absolute atomic E-state index is 0.00526. The predicted octanol–water partition coefficient (Wildman–Crippen LogP) is 6.40. The van der Waals surface area contributed by atoms with Crippen LogP contribution in [0.1, 0.15) is 51.7 Å². The molecular weight excluding hydrogens is 498 g/mol. The minimum Gasteiger partial charge on any atom is -0.497 e. The first-order valence-corrected chi connectivity index (χ1v) is 14.1. The van der Waals surface area contributed by atoms with Crippen molar-refractivity contribution < 1.29 is 14.3 Å². The molecular formula is C34H37N3O3. The summed E-state index contributed by atoms with van der Waals surface area (Å²) in [5.74, 6) is 0.811. The van der Waals surface area contributed by atoms with Crippen LogP contribution in [0.15, 0.2) is 84.9 Å². The number of para-hydroxylation sites is 1. The molecule has 4 aromatic rings. The highest BCUT2D eigenvalue weighted by molar-refractivity contribution is 5.98. The van der Waals surface area contributed by atoms with Gasteiger partial charge in [0.25, 0.3) is 11.8 Å². The summed E-state index contributed by atoms with van der Waals surface area (Å²) < 4.78 is 7.48. The van der Waals surface area contributed by atoms with Gasteiger partial charge in [-0.1, -0.05) is 43.7 Å². The van der Waals surface area contributed by atoms with Crippen LogP contribution in [0, 0.1) is 6.92 Å². The Balaban J connectivity index is 1.33. The molecule has 2 amide bonds. The predicted molar refractivity (Wildman–Crippen MR) is 159 cm³/mol. The first-order chi connectivity index (χ1) is 19.5. The van der Waals surface area contributed by atoms with Gasteiger partial charge < -0.3 is 19.1 Å². The maximum Gasteiger partial charge on any atom is 0.255 e. The number of unbranched alkanes of at least 4 members (excludes halogenated alkanes) is 1. The molecule has 1 fully saturated rings. The number of carbonyl (C=O) groups is 2. The van der Waals surface area contributed by atoms with E-state index in [0.29, 0.717) is 37.3 Å². The molecule has 6 nitrogen and oxygen atoms in total. The number of aromatic nitrogens is 1. The van der Waals surface area contributed by atoms with E-state index >= 15 is 0 Å². The molecule has 1 aromatic heterocycles. The highest BCUT2D eigenvalue weighted by Gasteiger charge is 2.28. The second kappa shape index (κ2) is 12.2. The van der Waals surface area contributed by atoms with E-state index in [1.165, 1.54) is 5.56 Å². The molecule has 0 aliphatic carbocycles. The van der Waals surface area contributed by atoms with Crippen molar-refractivity contribution in [2.75, 3.05) is 33.3 Å². The fourth-order valence-corrected chi connectivity index (χ4v) is 5.37. The summed E-state index contributed by atoms with van der Waals surface area (Å²) in [5.41, 5.74) is 6.50. The van der Waals surface area contributed by atoms with Crippen LogP contribution < -0.4 is 4.74 Å². The van der Waals surface area contributed by atoms with E-state index in [0.717, 1.165) is 47.7 Å². The molecule has 0 unspecified atom stereocenters. The largest absolute Gasteiger partial charge is 0.497 e. The molecule has 0 N–H and O–H groups in total. The smallest absolute Gasteiger partial charge is 0.255 e. The Hall–Kier alpha value is -4.32. The quantitative estimate of drug-likeness (QED) is 0.262. The van der Waals surface area contributed by atoms with Crippen LogP contribution in [-0.4, -0.2) is 59.5 Å². The summed E-state index contributed by atoms with van der Waals surface area (Å²) in [5, 5.41) is 0. The lowest BCUT2D eigenvalue weighted by atomic mass is 10.1. The molecule has 0 saturated carbocycles. The Kier molecular flexibility index (Phi) is 8.34. The summed E-state index contributed by atoms with van der Waals surface area (Å²) >= 11 is 0. The maximum absolute atomic E-state index is 13.8. The van der Waals surface area contributed by atoms with Gasteiger partial charge in [-0.3, -0.25) is 9.59 Å². The van der Waals surface area contributed by atoms with Gasteiger partial charge >= 0.3 is 0 Å². The van der Waals surface area contributed by atoms with E-state index in [2.05, 4.69) is 35.8 Å². The third-order valence-electron chi connectivity index (χ3n) is 7.75. The lowest BCUT2D eigenvalue weighted by Crippen LogP contribution is -2.50. The van der Waals surface area contributed by atoms with E-state index in [-0.39, 0.29) is 11.8 Å². The van der Waals surface area contributed by atoms with Gasteiger partial charge in [0, 0.05) is 43.1 Å². The second-order valence-electron chi connectivity index (χ2n) is 10.3. The summed E-state index contributed by atoms with van der Waals surface area (Å²) in [6, 6.07) is 28.0. The number of hydrogen-bond acceptors (Lipinski definition) is 3. The molecule has 3 aromatic carbocycles. The number of rotatable bonds is 8. The van der Waals surface area contributed by atoms with Gasteiger partial charge in [0.1, 0.15) is 5.75 Å². The number of piperazine rings is 1. The van der Waals surface area contributed by atoms with Crippen molar-refractivity contribution in [2.24, 2.45) is 0 Å². The van der Waals surface area contributed by atoms with Gasteiger partial charge in [-0.25, -0.2) is 0 Å². The minimum atomic E-state index is -0.00526. The molecule has 2 heterocycles. The zero-order chi connectivity index (χ0) is 28.1.